The number of nitrogens with one attached hydrogen (secondary N) is 1. The Morgan fingerprint density at radius 1 is 1.02 bits per heavy atom. The lowest BCUT2D eigenvalue weighted by molar-refractivity contribution is -0.111. The molecule has 1 amide bonds. The Bertz CT molecular complexity index is 1920. The van der Waals surface area contributed by atoms with Gasteiger partial charge in [0.1, 0.15) is 22.9 Å². The summed E-state index contributed by atoms with van der Waals surface area (Å²) < 4.78 is 23.8. The van der Waals surface area contributed by atoms with E-state index in [2.05, 4.69) is 21.8 Å². The molecule has 2 aliphatic rings. The first kappa shape index (κ1) is 32.6. The molecule has 2 saturated heterocycles. The van der Waals surface area contributed by atoms with Gasteiger partial charge in [0.2, 0.25) is 5.91 Å². The van der Waals surface area contributed by atoms with Gasteiger partial charge in [0.05, 0.1) is 53.9 Å². The molecule has 4 aromatic rings. The quantitative estimate of drug-likeness (QED) is 0.206. The fourth-order valence-corrected chi connectivity index (χ4v) is 7.10. The number of nitrogens with zero attached hydrogens (tertiary/aromatic N) is 4. The first-order valence-corrected chi connectivity index (χ1v) is 15.9. The van der Waals surface area contributed by atoms with Crippen LogP contribution in [0.15, 0.2) is 47.9 Å². The second-order valence-corrected chi connectivity index (χ2v) is 12.4. The molecule has 0 aliphatic carbocycles. The average Bonchev–Trinajstić information content (AvgIpc) is 3.07. The molecule has 47 heavy (non-hydrogen) atoms. The summed E-state index contributed by atoms with van der Waals surface area (Å²) in [4.78, 5) is 38.3. The van der Waals surface area contributed by atoms with Gasteiger partial charge in [-0.1, -0.05) is 29.8 Å². The highest BCUT2D eigenvalue weighted by Gasteiger charge is 2.44. The van der Waals surface area contributed by atoms with Gasteiger partial charge in [0, 0.05) is 67.5 Å². The molecular weight excluding hydrogens is 645 g/mol. The topological polar surface area (TPSA) is 117 Å². The lowest BCUT2D eigenvalue weighted by atomic mass is 9.73. The molecule has 0 unspecified atom stereocenters. The molecule has 2 aromatic carbocycles. The summed E-state index contributed by atoms with van der Waals surface area (Å²) in [7, 11) is 4.52. The molecule has 4 heterocycles. The number of aryl methyl sites for hydroxylation is 1. The van der Waals surface area contributed by atoms with Crippen molar-refractivity contribution in [2.45, 2.75) is 26.3 Å². The Hall–Kier alpha value is -4.32. The van der Waals surface area contributed by atoms with Crippen LogP contribution in [-0.4, -0.2) is 68.1 Å². The Labute approximate surface area is 282 Å². The molecular formula is C34H35Cl2N5O6. The summed E-state index contributed by atoms with van der Waals surface area (Å²) in [5.74, 6) is 1.11. The molecule has 2 aliphatic heterocycles. The maximum Gasteiger partial charge on any atom is 0.260 e. The van der Waals surface area contributed by atoms with E-state index in [0.29, 0.717) is 51.9 Å². The number of pyridine rings is 1. The fraction of sp³-hybridized carbons (Fsp3) is 0.353. The molecule has 13 heteroatoms. The SMILES string of the molecule is C=CC(=O)Nc1cc(-c2ncc3cc(-c4c(Cl)c(OC)cc(OC)c4Cl)c(=O)n(CC)c3n2)c(OC)cc1N1CC2(CCOCC2)C1. The second-order valence-electron chi connectivity index (χ2n) is 11.6. The van der Waals surface area contributed by atoms with Gasteiger partial charge in [0.25, 0.3) is 5.56 Å². The summed E-state index contributed by atoms with van der Waals surface area (Å²) in [5.41, 5.74) is 2.74. The van der Waals surface area contributed by atoms with Crippen LogP contribution in [-0.2, 0) is 16.1 Å². The zero-order valence-corrected chi connectivity index (χ0v) is 28.1. The van der Waals surface area contributed by atoms with Crippen LogP contribution in [0.3, 0.4) is 0 Å². The zero-order chi connectivity index (χ0) is 33.5. The van der Waals surface area contributed by atoms with Gasteiger partial charge in [-0.05, 0) is 38.0 Å². The molecule has 11 nitrogen and oxygen atoms in total. The lowest BCUT2D eigenvalue weighted by Crippen LogP contribution is -2.58. The van der Waals surface area contributed by atoms with E-state index in [-0.39, 0.29) is 38.1 Å². The summed E-state index contributed by atoms with van der Waals surface area (Å²) in [6, 6.07) is 6.92. The number of carbonyl (C=O) groups excluding carboxylic acids is 1. The van der Waals surface area contributed by atoms with Crippen LogP contribution in [0.1, 0.15) is 19.8 Å². The highest BCUT2D eigenvalue weighted by molar-refractivity contribution is 6.41. The summed E-state index contributed by atoms with van der Waals surface area (Å²) in [6.45, 7) is 8.97. The Kier molecular flexibility index (Phi) is 9.06. The first-order valence-electron chi connectivity index (χ1n) is 15.2. The highest BCUT2D eigenvalue weighted by atomic mass is 35.5. The molecule has 0 bridgehead atoms. The minimum absolute atomic E-state index is 0.179. The number of benzene rings is 2. The number of rotatable bonds is 9. The van der Waals surface area contributed by atoms with Gasteiger partial charge >= 0.3 is 0 Å². The van der Waals surface area contributed by atoms with E-state index in [1.54, 1.807) is 31.5 Å². The van der Waals surface area contributed by atoms with Crippen molar-refractivity contribution in [2.75, 3.05) is 57.8 Å². The number of amides is 1. The number of carbonyl (C=O) groups is 1. The van der Waals surface area contributed by atoms with Crippen molar-refractivity contribution < 1.29 is 23.7 Å². The maximum atomic E-state index is 14.0. The zero-order valence-electron chi connectivity index (χ0n) is 26.6. The third-order valence-corrected chi connectivity index (χ3v) is 9.69. The Morgan fingerprint density at radius 3 is 2.28 bits per heavy atom. The second kappa shape index (κ2) is 13.1. The van der Waals surface area contributed by atoms with Crippen molar-refractivity contribution in [1.29, 1.82) is 0 Å². The van der Waals surface area contributed by atoms with Crippen molar-refractivity contribution >= 4 is 51.5 Å². The summed E-state index contributed by atoms with van der Waals surface area (Å²) in [6.07, 6.45) is 4.86. The van der Waals surface area contributed by atoms with Gasteiger partial charge in [-0.2, -0.15) is 0 Å². The predicted octanol–water partition coefficient (Wildman–Crippen LogP) is 6.22. The van der Waals surface area contributed by atoms with E-state index in [1.807, 2.05) is 13.0 Å². The van der Waals surface area contributed by atoms with Crippen LogP contribution in [0.4, 0.5) is 11.4 Å². The van der Waals surface area contributed by atoms with E-state index in [1.165, 1.54) is 24.9 Å². The van der Waals surface area contributed by atoms with Crippen molar-refractivity contribution in [3.05, 3.63) is 63.5 Å². The molecule has 0 atom stereocenters. The molecule has 0 radical (unpaired) electrons. The van der Waals surface area contributed by atoms with Crippen LogP contribution in [0.2, 0.25) is 10.0 Å². The lowest BCUT2D eigenvalue weighted by Gasteiger charge is -2.53. The van der Waals surface area contributed by atoms with Gasteiger partial charge in [-0.25, -0.2) is 9.97 Å². The van der Waals surface area contributed by atoms with Gasteiger partial charge in [-0.15, -0.1) is 0 Å². The molecule has 2 aromatic heterocycles. The van der Waals surface area contributed by atoms with E-state index >= 15 is 0 Å². The van der Waals surface area contributed by atoms with Crippen LogP contribution < -0.4 is 30.0 Å². The number of fused-ring (bicyclic) bond motifs is 1. The number of ether oxygens (including phenoxy) is 4. The van der Waals surface area contributed by atoms with E-state index in [4.69, 9.17) is 47.1 Å². The number of halogens is 2. The Morgan fingerprint density at radius 2 is 1.68 bits per heavy atom. The van der Waals surface area contributed by atoms with Crippen molar-refractivity contribution in [2.24, 2.45) is 5.41 Å². The van der Waals surface area contributed by atoms with Crippen molar-refractivity contribution in [3.8, 4) is 39.8 Å². The predicted molar refractivity (Wildman–Crippen MR) is 184 cm³/mol. The number of anilines is 2. The summed E-state index contributed by atoms with van der Waals surface area (Å²) in [5, 5.41) is 3.89. The fourth-order valence-electron chi connectivity index (χ4n) is 6.40. The minimum atomic E-state index is -0.357. The first-order chi connectivity index (χ1) is 22.7. The monoisotopic (exact) mass is 679 g/mol. The molecule has 6 rings (SSSR count). The van der Waals surface area contributed by atoms with Crippen LogP contribution >= 0.6 is 23.2 Å². The van der Waals surface area contributed by atoms with Crippen LogP contribution in [0.5, 0.6) is 17.2 Å². The van der Waals surface area contributed by atoms with Gasteiger partial charge in [-0.3, -0.25) is 14.2 Å². The van der Waals surface area contributed by atoms with E-state index in [0.717, 1.165) is 44.8 Å². The van der Waals surface area contributed by atoms with Crippen molar-refractivity contribution in [1.82, 2.24) is 14.5 Å². The van der Waals surface area contributed by atoms with Crippen LogP contribution in [0.25, 0.3) is 33.5 Å². The van der Waals surface area contributed by atoms with E-state index in [9.17, 15) is 9.59 Å². The number of hydrogen-bond acceptors (Lipinski definition) is 9. The highest BCUT2D eigenvalue weighted by Crippen LogP contribution is 2.48. The van der Waals surface area contributed by atoms with Crippen LogP contribution in [0, 0.1) is 5.41 Å². The normalized spacial score (nSPS) is 15.3. The maximum absolute atomic E-state index is 14.0. The molecule has 1 spiro atoms. The molecule has 246 valence electrons. The largest absolute Gasteiger partial charge is 0.496 e. The number of hydrogen-bond donors (Lipinski definition) is 1. The molecule has 2 fully saturated rings. The van der Waals surface area contributed by atoms with Crippen molar-refractivity contribution in [3.63, 3.8) is 0 Å². The molecule has 1 N–H and O–H groups in total. The van der Waals surface area contributed by atoms with E-state index < -0.39 is 0 Å². The number of methoxy groups -OCH3 is 3. The third kappa shape index (κ3) is 5.77. The third-order valence-electron chi connectivity index (χ3n) is 8.93. The molecule has 0 saturated carbocycles. The summed E-state index contributed by atoms with van der Waals surface area (Å²) >= 11 is 13.4. The average molecular weight is 681 g/mol. The Balaban J connectivity index is 1.47. The van der Waals surface area contributed by atoms with Gasteiger partial charge < -0.3 is 29.2 Å². The van der Waals surface area contributed by atoms with Gasteiger partial charge in [0.15, 0.2) is 5.82 Å². The standard InChI is InChI=1S/C34H35Cl2N5O6/c1-6-27(42)38-22-13-20(24(44-3)14-23(22)40-17-34(18-40)8-10-47-11-9-34)31-37-16-19-12-21(33(43)41(7-2)32(19)39-31)28-29(35)25(45-4)15-26(46-5)30(28)36/h6,12-16H,1,7-11,17-18H2,2-5H3,(H,38,42). The smallest absolute Gasteiger partial charge is 0.260 e. The minimum Gasteiger partial charge on any atom is -0.496 e. The number of aromatic nitrogens is 3.